The van der Waals surface area contributed by atoms with Crippen LogP contribution in [0.15, 0.2) is 70.2 Å². The molecule has 3 aromatic rings. The van der Waals surface area contributed by atoms with Crippen LogP contribution in [0.1, 0.15) is 22.8 Å². The first-order valence-electron chi connectivity index (χ1n) is 7.84. The molecule has 0 atom stereocenters. The van der Waals surface area contributed by atoms with E-state index in [4.69, 9.17) is 4.74 Å². The molecule has 0 aliphatic rings. The first kappa shape index (κ1) is 17.8. The Morgan fingerprint density at radius 1 is 1.08 bits per heavy atom. The van der Waals surface area contributed by atoms with Crippen LogP contribution in [0.5, 0.6) is 5.75 Å². The first-order chi connectivity index (χ1) is 12.5. The van der Waals surface area contributed by atoms with Gasteiger partial charge in [0.05, 0.1) is 10.7 Å². The van der Waals surface area contributed by atoms with E-state index in [1.807, 2.05) is 36.4 Å². The monoisotopic (exact) mass is 410 g/mol. The van der Waals surface area contributed by atoms with E-state index in [-0.39, 0.29) is 5.91 Å². The number of carbonyl (C=O) groups excluding carboxylic acids is 2. The second-order valence-electron chi connectivity index (χ2n) is 5.51. The second kappa shape index (κ2) is 7.93. The molecule has 0 aromatic heterocycles. The van der Waals surface area contributed by atoms with Crippen LogP contribution in [-0.4, -0.2) is 18.1 Å². The highest BCUT2D eigenvalue weighted by atomic mass is 79.9. The summed E-state index contributed by atoms with van der Waals surface area (Å²) >= 11 is 3.33. The van der Waals surface area contributed by atoms with Crippen molar-refractivity contribution in [1.29, 1.82) is 0 Å². The Hall–Kier alpha value is -2.99. The van der Waals surface area contributed by atoms with Gasteiger partial charge in [0, 0.05) is 12.5 Å². The van der Waals surface area contributed by atoms with E-state index in [1.165, 1.54) is 13.1 Å². The number of nitrogens with zero attached hydrogens (tertiary/aromatic N) is 1. The maximum atomic E-state index is 12.4. The van der Waals surface area contributed by atoms with Crippen molar-refractivity contribution in [3.63, 3.8) is 0 Å². The van der Waals surface area contributed by atoms with Crippen LogP contribution < -0.4 is 10.2 Å². The lowest BCUT2D eigenvalue weighted by molar-refractivity contribution is -0.131. The summed E-state index contributed by atoms with van der Waals surface area (Å²) in [4.78, 5) is 23.4. The number of nitrogens with one attached hydrogen (secondary N) is 1. The predicted molar refractivity (Wildman–Crippen MR) is 104 cm³/mol. The van der Waals surface area contributed by atoms with Crippen LogP contribution in [0, 0.1) is 0 Å². The quantitative estimate of drug-likeness (QED) is 0.302. The number of halogens is 1. The van der Waals surface area contributed by atoms with Crippen LogP contribution >= 0.6 is 15.9 Å². The highest BCUT2D eigenvalue weighted by Gasteiger charge is 2.08. The summed E-state index contributed by atoms with van der Waals surface area (Å²) in [5, 5.41) is 5.87. The van der Waals surface area contributed by atoms with Crippen molar-refractivity contribution in [1.82, 2.24) is 5.43 Å². The van der Waals surface area contributed by atoms with Crippen LogP contribution in [0.2, 0.25) is 0 Å². The van der Waals surface area contributed by atoms with Crippen molar-refractivity contribution in [3.8, 4) is 5.75 Å². The Bertz CT molecular complexity index is 1010. The molecule has 0 fully saturated rings. The summed E-state index contributed by atoms with van der Waals surface area (Å²) in [6, 6.07) is 18.4. The zero-order chi connectivity index (χ0) is 18.5. The number of esters is 1. The van der Waals surface area contributed by atoms with E-state index in [1.54, 1.807) is 24.3 Å². The van der Waals surface area contributed by atoms with Crippen LogP contribution in [0.3, 0.4) is 0 Å². The Kier molecular flexibility index (Phi) is 5.43. The SMILES string of the molecule is CC(=O)Oc1ccc(/C=N\NC(=O)c2cccc3ccccc23)cc1Br. The Balaban J connectivity index is 1.73. The first-order valence-corrected chi connectivity index (χ1v) is 8.63. The molecule has 1 N–H and O–H groups in total. The molecule has 3 rings (SSSR count). The Morgan fingerprint density at radius 2 is 1.85 bits per heavy atom. The summed E-state index contributed by atoms with van der Waals surface area (Å²) in [6.45, 7) is 1.34. The van der Waals surface area contributed by atoms with Crippen molar-refractivity contribution in [2.75, 3.05) is 0 Å². The number of amides is 1. The van der Waals surface area contributed by atoms with Gasteiger partial charge < -0.3 is 4.74 Å². The minimum atomic E-state index is -0.394. The summed E-state index contributed by atoms with van der Waals surface area (Å²) in [7, 11) is 0. The number of benzene rings is 3. The van der Waals surface area contributed by atoms with Gasteiger partial charge in [-0.1, -0.05) is 36.4 Å². The molecule has 3 aromatic carbocycles. The molecule has 0 aliphatic heterocycles. The molecule has 6 heteroatoms. The molecular weight excluding hydrogens is 396 g/mol. The van der Waals surface area contributed by atoms with E-state index in [2.05, 4.69) is 26.5 Å². The number of carbonyl (C=O) groups is 2. The van der Waals surface area contributed by atoms with E-state index in [0.717, 1.165) is 16.3 Å². The van der Waals surface area contributed by atoms with Gasteiger partial charge in [-0.3, -0.25) is 9.59 Å². The average molecular weight is 411 g/mol. The summed E-state index contributed by atoms with van der Waals surface area (Å²) < 4.78 is 5.66. The minimum absolute atomic E-state index is 0.284. The number of hydrazone groups is 1. The highest BCUT2D eigenvalue weighted by molar-refractivity contribution is 9.10. The van der Waals surface area contributed by atoms with Crippen LogP contribution in [-0.2, 0) is 4.79 Å². The smallest absolute Gasteiger partial charge is 0.308 e. The molecule has 0 saturated carbocycles. The lowest BCUT2D eigenvalue weighted by Crippen LogP contribution is -2.17. The third kappa shape index (κ3) is 4.15. The molecule has 0 heterocycles. The highest BCUT2D eigenvalue weighted by Crippen LogP contribution is 2.25. The van der Waals surface area contributed by atoms with E-state index in [0.29, 0.717) is 15.8 Å². The largest absolute Gasteiger partial charge is 0.426 e. The molecule has 1 amide bonds. The lowest BCUT2D eigenvalue weighted by atomic mass is 10.0. The number of hydrogen-bond acceptors (Lipinski definition) is 4. The van der Waals surface area contributed by atoms with Gasteiger partial charge in [-0.15, -0.1) is 0 Å². The average Bonchev–Trinajstić information content (AvgIpc) is 2.63. The summed E-state index contributed by atoms with van der Waals surface area (Å²) in [5.74, 6) is -0.252. The molecule has 0 bridgehead atoms. The standard InChI is InChI=1S/C20H15BrN2O3/c1-13(24)26-19-10-9-14(11-18(19)21)12-22-23-20(25)17-8-4-6-15-5-2-3-7-16(15)17/h2-12H,1H3,(H,23,25)/b22-12-. The molecule has 0 unspecified atom stereocenters. The number of ether oxygens (including phenoxy) is 1. The molecule has 26 heavy (non-hydrogen) atoms. The number of fused-ring (bicyclic) bond motifs is 1. The van der Waals surface area contributed by atoms with Crippen molar-refractivity contribution >= 4 is 44.8 Å². The third-order valence-corrected chi connectivity index (χ3v) is 4.24. The zero-order valence-electron chi connectivity index (χ0n) is 13.9. The van der Waals surface area contributed by atoms with Crippen molar-refractivity contribution in [3.05, 3.63) is 76.3 Å². The summed E-state index contributed by atoms with van der Waals surface area (Å²) in [6.07, 6.45) is 1.52. The van der Waals surface area contributed by atoms with Crippen LogP contribution in [0.4, 0.5) is 0 Å². The third-order valence-electron chi connectivity index (χ3n) is 3.62. The number of hydrogen-bond donors (Lipinski definition) is 1. The maximum Gasteiger partial charge on any atom is 0.308 e. The van der Waals surface area contributed by atoms with Crippen molar-refractivity contribution in [2.24, 2.45) is 5.10 Å². The molecule has 0 spiro atoms. The molecule has 130 valence electrons. The molecule has 0 aliphatic carbocycles. The lowest BCUT2D eigenvalue weighted by Gasteiger charge is -2.05. The van der Waals surface area contributed by atoms with Crippen molar-refractivity contribution < 1.29 is 14.3 Å². The fourth-order valence-electron chi connectivity index (χ4n) is 2.48. The van der Waals surface area contributed by atoms with E-state index < -0.39 is 5.97 Å². The molecule has 0 saturated heterocycles. The number of rotatable bonds is 4. The Morgan fingerprint density at radius 3 is 2.62 bits per heavy atom. The van der Waals surface area contributed by atoms with E-state index >= 15 is 0 Å². The molecule has 5 nitrogen and oxygen atoms in total. The summed E-state index contributed by atoms with van der Waals surface area (Å²) in [5.41, 5.74) is 3.84. The van der Waals surface area contributed by atoms with Gasteiger partial charge in [-0.25, -0.2) is 5.43 Å². The van der Waals surface area contributed by atoms with Gasteiger partial charge in [0.15, 0.2) is 0 Å². The van der Waals surface area contributed by atoms with Gasteiger partial charge in [0.25, 0.3) is 5.91 Å². The topological polar surface area (TPSA) is 67.8 Å². The van der Waals surface area contributed by atoms with E-state index in [9.17, 15) is 9.59 Å². The fourth-order valence-corrected chi connectivity index (χ4v) is 2.96. The minimum Gasteiger partial charge on any atom is -0.426 e. The maximum absolute atomic E-state index is 12.4. The second-order valence-corrected chi connectivity index (χ2v) is 6.36. The van der Waals surface area contributed by atoms with Crippen LogP contribution in [0.25, 0.3) is 10.8 Å². The van der Waals surface area contributed by atoms with Gasteiger partial charge >= 0.3 is 5.97 Å². The van der Waals surface area contributed by atoms with Crippen molar-refractivity contribution in [2.45, 2.75) is 6.92 Å². The van der Waals surface area contributed by atoms with Gasteiger partial charge in [0.2, 0.25) is 0 Å². The Labute approximate surface area is 158 Å². The predicted octanol–water partition coefficient (Wildman–Crippen LogP) is 4.29. The zero-order valence-corrected chi connectivity index (χ0v) is 15.5. The molecular formula is C20H15BrN2O3. The van der Waals surface area contributed by atoms with Gasteiger partial charge in [0.1, 0.15) is 5.75 Å². The molecule has 0 radical (unpaired) electrons. The van der Waals surface area contributed by atoms with Gasteiger partial charge in [-0.05, 0) is 56.5 Å². The van der Waals surface area contributed by atoms with Gasteiger partial charge in [-0.2, -0.15) is 5.10 Å². The normalized spacial score (nSPS) is 10.8. The fraction of sp³-hybridized carbons (Fsp3) is 0.0500.